The average molecular weight is 450 g/mol. The number of carbonyl (C=O) groups excluding carboxylic acids is 1. The van der Waals surface area contributed by atoms with Crippen LogP contribution in [0, 0.1) is 5.82 Å². The Bertz CT molecular complexity index is 1030. The van der Waals surface area contributed by atoms with E-state index in [4.69, 9.17) is 14.2 Å². The van der Waals surface area contributed by atoms with Gasteiger partial charge in [-0.2, -0.15) is 4.72 Å². The number of nitrogens with one attached hydrogen (secondary N) is 1. The SMILES string of the molecule is CCOC(=O)[C@@]1(NS(=O)(=O)c2ccc(Oc3ccc(F)cc3)cc2)C[C@H]2CC[C@@H](C1)O2. The van der Waals surface area contributed by atoms with Crippen molar-refractivity contribution in [2.24, 2.45) is 0 Å². The minimum Gasteiger partial charge on any atom is -0.465 e. The predicted molar refractivity (Wildman–Crippen MR) is 110 cm³/mol. The number of rotatable bonds is 7. The molecule has 166 valence electrons. The highest BCUT2D eigenvalue weighted by Gasteiger charge is 2.52. The summed E-state index contributed by atoms with van der Waals surface area (Å²) in [5.74, 6) is -0.129. The van der Waals surface area contributed by atoms with Crippen molar-refractivity contribution in [3.8, 4) is 11.5 Å². The standard InChI is InChI=1S/C22H24FNO6S/c1-2-28-21(25)22(13-18-7-8-19(14-22)30-18)24-31(26,27)20-11-9-17(10-12-20)29-16-5-3-15(23)4-6-16/h3-6,9-12,18-19,24H,2,7-8,13-14H2,1H3/t18-,19+,22-. The summed E-state index contributed by atoms with van der Waals surface area (Å²) in [6, 6.07) is 11.3. The van der Waals surface area contributed by atoms with Gasteiger partial charge in [0.1, 0.15) is 22.9 Å². The maximum Gasteiger partial charge on any atom is 0.327 e. The Kier molecular flexibility index (Phi) is 6.00. The van der Waals surface area contributed by atoms with E-state index in [0.717, 1.165) is 12.8 Å². The lowest BCUT2D eigenvalue weighted by Gasteiger charge is -2.38. The Morgan fingerprint density at radius 3 is 2.16 bits per heavy atom. The van der Waals surface area contributed by atoms with Crippen LogP contribution >= 0.6 is 0 Å². The van der Waals surface area contributed by atoms with Crippen molar-refractivity contribution in [1.29, 1.82) is 0 Å². The molecule has 2 aromatic rings. The second-order valence-corrected chi connectivity index (χ2v) is 9.48. The zero-order chi connectivity index (χ0) is 22.1. The summed E-state index contributed by atoms with van der Waals surface area (Å²) in [5, 5.41) is 0. The normalized spacial score (nSPS) is 25.2. The van der Waals surface area contributed by atoms with Crippen LogP contribution in [0.25, 0.3) is 0 Å². The second-order valence-electron chi connectivity index (χ2n) is 7.80. The van der Waals surface area contributed by atoms with Crippen LogP contribution in [0.3, 0.4) is 0 Å². The Labute approximate surface area is 180 Å². The van der Waals surface area contributed by atoms with Gasteiger partial charge in [-0.15, -0.1) is 0 Å². The molecule has 0 spiro atoms. The molecule has 2 saturated heterocycles. The third-order valence-electron chi connectivity index (χ3n) is 5.53. The fourth-order valence-electron chi connectivity index (χ4n) is 4.14. The molecule has 2 aromatic carbocycles. The van der Waals surface area contributed by atoms with Gasteiger partial charge in [0.25, 0.3) is 0 Å². The van der Waals surface area contributed by atoms with Gasteiger partial charge in [-0.25, -0.2) is 12.8 Å². The van der Waals surface area contributed by atoms with E-state index in [9.17, 15) is 17.6 Å². The molecule has 1 N–H and O–H groups in total. The molecule has 4 rings (SSSR count). The van der Waals surface area contributed by atoms with E-state index < -0.39 is 21.5 Å². The fourth-order valence-corrected chi connectivity index (χ4v) is 5.52. The Morgan fingerprint density at radius 2 is 1.61 bits per heavy atom. The number of ether oxygens (including phenoxy) is 3. The van der Waals surface area contributed by atoms with Crippen molar-refractivity contribution < 1.29 is 31.8 Å². The lowest BCUT2D eigenvalue weighted by molar-refractivity contribution is -0.157. The first-order valence-electron chi connectivity index (χ1n) is 10.2. The largest absolute Gasteiger partial charge is 0.465 e. The molecule has 0 aromatic heterocycles. The highest BCUT2D eigenvalue weighted by atomic mass is 32.2. The topological polar surface area (TPSA) is 90.9 Å². The number of hydrogen-bond acceptors (Lipinski definition) is 6. The molecule has 2 heterocycles. The molecule has 2 fully saturated rings. The molecule has 0 unspecified atom stereocenters. The quantitative estimate of drug-likeness (QED) is 0.651. The summed E-state index contributed by atoms with van der Waals surface area (Å²) in [7, 11) is -4.01. The van der Waals surface area contributed by atoms with E-state index >= 15 is 0 Å². The van der Waals surface area contributed by atoms with E-state index in [2.05, 4.69) is 4.72 Å². The zero-order valence-corrected chi connectivity index (χ0v) is 17.9. The third kappa shape index (κ3) is 4.73. The number of hydrogen-bond donors (Lipinski definition) is 1. The molecule has 2 bridgehead atoms. The molecule has 31 heavy (non-hydrogen) atoms. The van der Waals surface area contributed by atoms with Gasteiger partial charge in [0, 0.05) is 12.8 Å². The summed E-state index contributed by atoms with van der Waals surface area (Å²) >= 11 is 0. The Morgan fingerprint density at radius 1 is 1.06 bits per heavy atom. The first-order chi connectivity index (χ1) is 14.8. The van der Waals surface area contributed by atoms with E-state index in [1.807, 2.05) is 0 Å². The number of carbonyl (C=O) groups is 1. The summed E-state index contributed by atoms with van der Waals surface area (Å²) in [5.41, 5.74) is -1.35. The van der Waals surface area contributed by atoms with E-state index in [1.54, 1.807) is 6.92 Å². The van der Waals surface area contributed by atoms with Crippen molar-refractivity contribution in [1.82, 2.24) is 4.72 Å². The Hall–Kier alpha value is -2.49. The molecule has 0 aliphatic carbocycles. The zero-order valence-electron chi connectivity index (χ0n) is 17.0. The van der Waals surface area contributed by atoms with Crippen molar-refractivity contribution in [3.05, 3.63) is 54.3 Å². The summed E-state index contributed by atoms with van der Waals surface area (Å²) in [4.78, 5) is 12.8. The number of halogens is 1. The minimum atomic E-state index is -4.01. The maximum atomic E-state index is 13.1. The highest BCUT2D eigenvalue weighted by molar-refractivity contribution is 7.89. The van der Waals surface area contributed by atoms with Gasteiger partial charge in [0.2, 0.25) is 10.0 Å². The summed E-state index contributed by atoms with van der Waals surface area (Å²) < 4.78 is 58.5. The smallest absolute Gasteiger partial charge is 0.327 e. The van der Waals surface area contributed by atoms with Crippen LogP contribution in [0.2, 0.25) is 0 Å². The molecule has 9 heteroatoms. The molecule has 0 saturated carbocycles. The maximum absolute atomic E-state index is 13.1. The molecule has 0 radical (unpaired) electrons. The predicted octanol–water partition coefficient (Wildman–Crippen LogP) is 3.54. The first-order valence-corrected chi connectivity index (χ1v) is 11.7. The highest BCUT2D eigenvalue weighted by Crippen LogP contribution is 2.40. The second kappa shape index (κ2) is 8.57. The molecule has 7 nitrogen and oxygen atoms in total. The number of sulfonamides is 1. The minimum absolute atomic E-state index is 0.00136. The van der Waals surface area contributed by atoms with Gasteiger partial charge in [0.15, 0.2) is 0 Å². The number of fused-ring (bicyclic) bond motifs is 2. The van der Waals surface area contributed by atoms with Gasteiger partial charge in [-0.3, -0.25) is 4.79 Å². The van der Waals surface area contributed by atoms with Crippen LogP contribution in [-0.4, -0.2) is 38.7 Å². The van der Waals surface area contributed by atoms with Crippen molar-refractivity contribution in [3.63, 3.8) is 0 Å². The molecule has 2 aliphatic rings. The third-order valence-corrected chi connectivity index (χ3v) is 7.08. The van der Waals surface area contributed by atoms with E-state index in [-0.39, 0.29) is 42.4 Å². The average Bonchev–Trinajstić information content (AvgIpc) is 3.08. The fraction of sp³-hybridized carbons (Fsp3) is 0.409. The van der Waals surface area contributed by atoms with Crippen LogP contribution in [-0.2, 0) is 24.3 Å². The van der Waals surface area contributed by atoms with Crippen molar-refractivity contribution in [2.75, 3.05) is 6.61 Å². The summed E-state index contributed by atoms with van der Waals surface area (Å²) in [6.07, 6.45) is 1.74. The van der Waals surface area contributed by atoms with Gasteiger partial charge < -0.3 is 14.2 Å². The molecule has 3 atom stereocenters. The van der Waals surface area contributed by atoms with Crippen LogP contribution in [0.15, 0.2) is 53.4 Å². The molecule has 0 amide bonds. The van der Waals surface area contributed by atoms with E-state index in [0.29, 0.717) is 11.5 Å². The number of esters is 1. The van der Waals surface area contributed by atoms with Crippen molar-refractivity contribution >= 4 is 16.0 Å². The first kappa shape index (κ1) is 21.7. The van der Waals surface area contributed by atoms with Crippen molar-refractivity contribution in [2.45, 2.75) is 55.2 Å². The van der Waals surface area contributed by atoms with Crippen LogP contribution in [0.5, 0.6) is 11.5 Å². The van der Waals surface area contributed by atoms with Gasteiger partial charge in [0.05, 0.1) is 23.7 Å². The lowest BCUT2D eigenvalue weighted by Crippen LogP contribution is -2.59. The van der Waals surface area contributed by atoms with Gasteiger partial charge >= 0.3 is 5.97 Å². The van der Waals surface area contributed by atoms with Crippen LogP contribution in [0.1, 0.15) is 32.6 Å². The monoisotopic (exact) mass is 449 g/mol. The van der Waals surface area contributed by atoms with Gasteiger partial charge in [-0.05, 0) is 68.3 Å². The van der Waals surface area contributed by atoms with Crippen LogP contribution < -0.4 is 9.46 Å². The number of benzene rings is 2. The van der Waals surface area contributed by atoms with Crippen LogP contribution in [0.4, 0.5) is 4.39 Å². The molecular weight excluding hydrogens is 425 g/mol. The van der Waals surface area contributed by atoms with E-state index in [1.165, 1.54) is 48.5 Å². The molecule has 2 aliphatic heterocycles. The lowest BCUT2D eigenvalue weighted by atomic mass is 9.87. The van der Waals surface area contributed by atoms with Gasteiger partial charge in [-0.1, -0.05) is 0 Å². The Balaban J connectivity index is 1.53. The summed E-state index contributed by atoms with van der Waals surface area (Å²) in [6.45, 7) is 1.85. The molecular formula is C22H24FNO6S.